The number of rotatable bonds is 27. The summed E-state index contributed by atoms with van der Waals surface area (Å²) in [6.07, 6.45) is 23.5. The van der Waals surface area contributed by atoms with E-state index < -0.39 is 6.16 Å². The Bertz CT molecular complexity index is 685. The molecule has 0 fully saturated rings. The molecule has 0 bridgehead atoms. The number of unbranched alkanes of at least 4 members (excludes halogenated alkanes) is 16. The Morgan fingerprint density at radius 2 is 1.18 bits per heavy atom. The first kappa shape index (κ1) is 35.2. The molecule has 0 aliphatic carbocycles. The lowest BCUT2D eigenvalue weighted by Crippen LogP contribution is -2.19. The van der Waals surface area contributed by atoms with Crippen LogP contribution >= 0.6 is 0 Å². The number of ether oxygens (including phenoxy) is 3. The van der Waals surface area contributed by atoms with Crippen molar-refractivity contribution in [1.82, 2.24) is 0 Å². The molecule has 0 saturated heterocycles. The van der Waals surface area contributed by atoms with Gasteiger partial charge in [0.1, 0.15) is 0 Å². The van der Waals surface area contributed by atoms with Crippen LogP contribution in [0.2, 0.25) is 0 Å². The molecule has 1 rings (SSSR count). The summed E-state index contributed by atoms with van der Waals surface area (Å²) in [6, 6.07) is 4.99. The van der Waals surface area contributed by atoms with Crippen molar-refractivity contribution in [3.05, 3.63) is 23.8 Å². The number of phenols is 1. The van der Waals surface area contributed by atoms with Crippen molar-refractivity contribution < 1.29 is 29.2 Å². The van der Waals surface area contributed by atoms with Gasteiger partial charge in [-0.15, -0.1) is 0 Å². The monoisotopic (exact) mass is 550 g/mol. The topological polar surface area (TPSA) is 85.2 Å². The summed E-state index contributed by atoms with van der Waals surface area (Å²) in [5, 5.41) is 19.1. The molecular weight excluding hydrogens is 492 g/mol. The van der Waals surface area contributed by atoms with Crippen LogP contribution in [0.25, 0.3) is 0 Å². The van der Waals surface area contributed by atoms with Crippen LogP contribution in [0.4, 0.5) is 4.79 Å². The second kappa shape index (κ2) is 25.2. The summed E-state index contributed by atoms with van der Waals surface area (Å²) in [6.45, 7) is 6.05. The molecule has 0 heterocycles. The Balaban J connectivity index is 2.30. The van der Waals surface area contributed by atoms with E-state index in [0.29, 0.717) is 12.0 Å². The summed E-state index contributed by atoms with van der Waals surface area (Å²) in [5.41, 5.74) is 0.710. The van der Waals surface area contributed by atoms with Gasteiger partial charge in [0.25, 0.3) is 0 Å². The molecule has 6 nitrogen and oxygen atoms in total. The van der Waals surface area contributed by atoms with Gasteiger partial charge in [0.05, 0.1) is 0 Å². The fourth-order valence-electron chi connectivity index (χ4n) is 4.87. The molecule has 0 unspecified atom stereocenters. The average Bonchev–Trinajstić information content (AvgIpc) is 2.92. The summed E-state index contributed by atoms with van der Waals surface area (Å²) in [4.78, 5) is 10.8. The number of aryl methyl sites for hydroxylation is 1. The van der Waals surface area contributed by atoms with E-state index in [4.69, 9.17) is 14.6 Å². The number of para-hydroxylation sites is 1. The predicted molar refractivity (Wildman–Crippen MR) is 160 cm³/mol. The third-order valence-electron chi connectivity index (χ3n) is 7.27. The van der Waals surface area contributed by atoms with Crippen LogP contribution in [-0.2, 0) is 15.9 Å². The second-order valence-electron chi connectivity index (χ2n) is 10.9. The van der Waals surface area contributed by atoms with Crippen molar-refractivity contribution in [3.8, 4) is 11.5 Å². The van der Waals surface area contributed by atoms with Crippen molar-refractivity contribution in [2.45, 2.75) is 155 Å². The molecule has 1 aromatic carbocycles. The standard InChI is InChI=1S/C33H58O6/c1-3-5-7-9-11-13-15-20-27-37-31(38-28-21-16-14-12-10-8-6-4-2)26-19-17-18-23-29-24-22-25-30(32(29)34)39-33(35)36/h22,24-25,31,34H,3-21,23,26-28H2,1-2H3,(H,35,36). The van der Waals surface area contributed by atoms with Crippen molar-refractivity contribution in [2.24, 2.45) is 0 Å². The molecule has 2 N–H and O–H groups in total. The fraction of sp³-hybridized carbons (Fsp3) is 0.788. The summed E-state index contributed by atoms with van der Waals surface area (Å²) in [7, 11) is 0. The van der Waals surface area contributed by atoms with Crippen molar-refractivity contribution in [3.63, 3.8) is 0 Å². The van der Waals surface area contributed by atoms with Crippen molar-refractivity contribution in [1.29, 1.82) is 0 Å². The number of benzene rings is 1. The zero-order valence-corrected chi connectivity index (χ0v) is 25.1. The van der Waals surface area contributed by atoms with E-state index in [1.165, 1.54) is 96.0 Å². The molecule has 0 radical (unpaired) electrons. The van der Waals surface area contributed by atoms with Crippen LogP contribution in [0.15, 0.2) is 18.2 Å². The van der Waals surface area contributed by atoms with Crippen LogP contribution in [0.1, 0.15) is 148 Å². The molecular formula is C33H58O6. The van der Waals surface area contributed by atoms with Gasteiger partial charge in [-0.25, -0.2) is 4.79 Å². The number of phenolic OH excluding ortho intramolecular Hbond substituents is 1. The van der Waals surface area contributed by atoms with E-state index in [9.17, 15) is 9.90 Å². The van der Waals surface area contributed by atoms with E-state index in [0.717, 1.165) is 51.7 Å². The number of hydrogen-bond donors (Lipinski definition) is 2. The van der Waals surface area contributed by atoms with Gasteiger partial charge >= 0.3 is 6.16 Å². The third-order valence-corrected chi connectivity index (χ3v) is 7.27. The molecule has 0 saturated carbocycles. The lowest BCUT2D eigenvalue weighted by molar-refractivity contribution is -0.148. The van der Waals surface area contributed by atoms with Crippen LogP contribution in [0.5, 0.6) is 11.5 Å². The molecule has 0 aromatic heterocycles. The minimum atomic E-state index is -1.42. The SMILES string of the molecule is CCCCCCCCCCOC(CCCCCc1cccc(OC(=O)O)c1O)OCCCCCCCCCC. The van der Waals surface area contributed by atoms with Crippen molar-refractivity contribution >= 4 is 6.16 Å². The highest BCUT2D eigenvalue weighted by atomic mass is 16.7. The molecule has 6 heteroatoms. The van der Waals surface area contributed by atoms with Crippen LogP contribution in [-0.4, -0.2) is 35.9 Å². The Morgan fingerprint density at radius 1 is 0.692 bits per heavy atom. The largest absolute Gasteiger partial charge is 0.511 e. The van der Waals surface area contributed by atoms with Crippen LogP contribution in [0, 0.1) is 0 Å². The summed E-state index contributed by atoms with van der Waals surface area (Å²) < 4.78 is 17.0. The molecule has 0 aliphatic rings. The van der Waals surface area contributed by atoms with E-state index in [2.05, 4.69) is 18.6 Å². The van der Waals surface area contributed by atoms with E-state index in [1.807, 2.05) is 6.07 Å². The average molecular weight is 551 g/mol. The van der Waals surface area contributed by atoms with Gasteiger partial charge in [0.15, 0.2) is 17.8 Å². The van der Waals surface area contributed by atoms with E-state index >= 15 is 0 Å². The van der Waals surface area contributed by atoms with E-state index in [-0.39, 0.29) is 17.8 Å². The lowest BCUT2D eigenvalue weighted by Gasteiger charge is -2.19. The molecule has 39 heavy (non-hydrogen) atoms. The highest BCUT2D eigenvalue weighted by Crippen LogP contribution is 2.31. The maximum atomic E-state index is 10.8. The highest BCUT2D eigenvalue weighted by molar-refractivity contribution is 5.63. The molecule has 0 amide bonds. The van der Waals surface area contributed by atoms with Crippen molar-refractivity contribution in [2.75, 3.05) is 13.2 Å². The smallest absolute Gasteiger partial charge is 0.504 e. The third kappa shape index (κ3) is 19.8. The Hall–Kier alpha value is -1.79. The summed E-state index contributed by atoms with van der Waals surface area (Å²) >= 11 is 0. The van der Waals surface area contributed by atoms with Gasteiger partial charge in [-0.3, -0.25) is 0 Å². The van der Waals surface area contributed by atoms with Crippen LogP contribution in [0.3, 0.4) is 0 Å². The highest BCUT2D eigenvalue weighted by Gasteiger charge is 2.12. The Morgan fingerprint density at radius 3 is 1.69 bits per heavy atom. The molecule has 1 aromatic rings. The fourth-order valence-corrected chi connectivity index (χ4v) is 4.87. The number of carboxylic acid groups (broad SMARTS) is 1. The predicted octanol–water partition coefficient (Wildman–Crippen LogP) is 10.2. The van der Waals surface area contributed by atoms with Gasteiger partial charge < -0.3 is 24.4 Å². The quantitative estimate of drug-likeness (QED) is 0.0490. The second-order valence-corrected chi connectivity index (χ2v) is 10.9. The van der Waals surface area contributed by atoms with Gasteiger partial charge in [0.2, 0.25) is 0 Å². The van der Waals surface area contributed by atoms with E-state index in [1.54, 1.807) is 6.07 Å². The molecule has 0 atom stereocenters. The number of hydrogen-bond acceptors (Lipinski definition) is 5. The minimum Gasteiger partial charge on any atom is -0.504 e. The maximum absolute atomic E-state index is 10.8. The zero-order valence-electron chi connectivity index (χ0n) is 25.1. The molecule has 226 valence electrons. The van der Waals surface area contributed by atoms with Gasteiger partial charge in [-0.2, -0.15) is 0 Å². The first-order chi connectivity index (χ1) is 19.1. The Kier molecular flexibility index (Phi) is 22.8. The van der Waals surface area contributed by atoms with Gasteiger partial charge in [-0.1, -0.05) is 122 Å². The normalized spacial score (nSPS) is 11.4. The van der Waals surface area contributed by atoms with Gasteiger partial charge in [0, 0.05) is 13.2 Å². The zero-order chi connectivity index (χ0) is 28.4. The van der Waals surface area contributed by atoms with Gasteiger partial charge in [-0.05, 0) is 50.2 Å². The first-order valence-corrected chi connectivity index (χ1v) is 16.0. The minimum absolute atomic E-state index is 0.0104. The van der Waals surface area contributed by atoms with Crippen LogP contribution < -0.4 is 4.74 Å². The number of carbonyl (C=O) groups is 1. The maximum Gasteiger partial charge on any atom is 0.511 e. The first-order valence-electron chi connectivity index (χ1n) is 16.0. The Labute approximate surface area is 238 Å². The molecule has 0 spiro atoms. The number of aromatic hydroxyl groups is 1. The summed E-state index contributed by atoms with van der Waals surface area (Å²) in [5.74, 6) is -0.0936. The lowest BCUT2D eigenvalue weighted by atomic mass is 10.0. The molecule has 0 aliphatic heterocycles.